The normalized spacial score (nSPS) is 11.0. The maximum Gasteiger partial charge on any atom is 0.311 e. The summed E-state index contributed by atoms with van der Waals surface area (Å²) in [6.45, 7) is 6.23. The number of hydrogen-bond donors (Lipinski definition) is 0. The van der Waals surface area contributed by atoms with Gasteiger partial charge in [0.15, 0.2) is 11.6 Å². The predicted octanol–water partition coefficient (Wildman–Crippen LogP) is 3.49. The first-order chi connectivity index (χ1) is 9.78. The van der Waals surface area contributed by atoms with Crippen LogP contribution in [0.2, 0.25) is 0 Å². The smallest absolute Gasteiger partial charge is 0.311 e. The molecule has 0 amide bonds. The van der Waals surface area contributed by atoms with Gasteiger partial charge in [0.1, 0.15) is 0 Å². The van der Waals surface area contributed by atoms with Gasteiger partial charge in [-0.05, 0) is 24.0 Å². The van der Waals surface area contributed by atoms with Crippen molar-refractivity contribution in [1.82, 2.24) is 0 Å². The van der Waals surface area contributed by atoms with Gasteiger partial charge in [0.2, 0.25) is 0 Å². The van der Waals surface area contributed by atoms with Crippen molar-refractivity contribution in [3.05, 3.63) is 30.1 Å². The van der Waals surface area contributed by atoms with Crippen LogP contribution in [0.1, 0.15) is 40.0 Å². The zero-order chi connectivity index (χ0) is 15.9. The van der Waals surface area contributed by atoms with Crippen molar-refractivity contribution >= 4 is 11.9 Å². The number of ether oxygens (including phenoxy) is 2. The van der Waals surface area contributed by atoms with Crippen LogP contribution in [0.15, 0.2) is 24.3 Å². The fourth-order valence-electron chi connectivity index (χ4n) is 1.45. The Bertz CT molecular complexity index is 491. The molecule has 1 aromatic carbocycles. The standard InChI is InChI=1S/C16H21FO4/c1-16(2,3)11-20-14(18)9-6-10-15(19)21-13-8-5-4-7-12(13)17/h4-5,7-8H,6,9-11H2,1-3H3. The minimum atomic E-state index is -0.588. The van der Waals surface area contributed by atoms with Crippen molar-refractivity contribution in [2.75, 3.05) is 6.61 Å². The average molecular weight is 296 g/mol. The van der Waals surface area contributed by atoms with Gasteiger partial charge >= 0.3 is 11.9 Å². The fourth-order valence-corrected chi connectivity index (χ4v) is 1.45. The van der Waals surface area contributed by atoms with E-state index in [1.54, 1.807) is 6.07 Å². The number of carbonyl (C=O) groups is 2. The van der Waals surface area contributed by atoms with E-state index >= 15 is 0 Å². The van der Waals surface area contributed by atoms with Crippen molar-refractivity contribution in [2.45, 2.75) is 40.0 Å². The van der Waals surface area contributed by atoms with Gasteiger partial charge in [-0.15, -0.1) is 0 Å². The van der Waals surface area contributed by atoms with E-state index in [1.807, 2.05) is 20.8 Å². The summed E-state index contributed by atoms with van der Waals surface area (Å²) in [5.41, 5.74) is -0.0839. The van der Waals surface area contributed by atoms with E-state index in [0.717, 1.165) is 0 Å². The lowest BCUT2D eigenvalue weighted by Gasteiger charge is -2.17. The van der Waals surface area contributed by atoms with Crippen LogP contribution in [0.3, 0.4) is 0 Å². The SMILES string of the molecule is CC(C)(C)COC(=O)CCCC(=O)Oc1ccccc1F. The van der Waals surface area contributed by atoms with Gasteiger partial charge in [0.25, 0.3) is 0 Å². The average Bonchev–Trinajstić information content (AvgIpc) is 2.38. The lowest BCUT2D eigenvalue weighted by Crippen LogP contribution is -2.18. The number of hydrogen-bond acceptors (Lipinski definition) is 4. The zero-order valence-electron chi connectivity index (χ0n) is 12.6. The van der Waals surface area contributed by atoms with Crippen molar-refractivity contribution < 1.29 is 23.5 Å². The van der Waals surface area contributed by atoms with Crippen molar-refractivity contribution in [1.29, 1.82) is 0 Å². The van der Waals surface area contributed by atoms with Gasteiger partial charge in [0, 0.05) is 12.8 Å². The molecule has 0 radical (unpaired) electrons. The fraction of sp³-hybridized carbons (Fsp3) is 0.500. The molecule has 0 fully saturated rings. The Morgan fingerprint density at radius 1 is 1.10 bits per heavy atom. The number of rotatable bonds is 6. The van der Waals surface area contributed by atoms with Crippen molar-refractivity contribution in [3.8, 4) is 5.75 Å². The highest BCUT2D eigenvalue weighted by Crippen LogP contribution is 2.17. The van der Waals surface area contributed by atoms with Crippen molar-refractivity contribution in [3.63, 3.8) is 0 Å². The van der Waals surface area contributed by atoms with Gasteiger partial charge < -0.3 is 9.47 Å². The number of carbonyl (C=O) groups excluding carboxylic acids is 2. The third kappa shape index (κ3) is 7.44. The Morgan fingerprint density at radius 3 is 2.33 bits per heavy atom. The van der Waals surface area contributed by atoms with Gasteiger partial charge in [-0.3, -0.25) is 9.59 Å². The maximum absolute atomic E-state index is 13.3. The first-order valence-corrected chi connectivity index (χ1v) is 6.89. The third-order valence-electron chi connectivity index (χ3n) is 2.49. The molecule has 0 unspecified atom stereocenters. The molecule has 0 saturated carbocycles. The zero-order valence-corrected chi connectivity index (χ0v) is 12.6. The van der Waals surface area contributed by atoms with E-state index < -0.39 is 11.8 Å². The van der Waals surface area contributed by atoms with Crippen LogP contribution < -0.4 is 4.74 Å². The van der Waals surface area contributed by atoms with Crippen LogP contribution in [0.4, 0.5) is 4.39 Å². The maximum atomic E-state index is 13.3. The highest BCUT2D eigenvalue weighted by atomic mass is 19.1. The van der Waals surface area contributed by atoms with Gasteiger partial charge in [-0.25, -0.2) is 4.39 Å². The Labute approximate surface area is 124 Å². The molecule has 0 aromatic heterocycles. The summed E-state index contributed by atoms with van der Waals surface area (Å²) < 4.78 is 23.2. The lowest BCUT2D eigenvalue weighted by atomic mass is 9.99. The van der Waals surface area contributed by atoms with Gasteiger partial charge in [-0.1, -0.05) is 32.9 Å². The number of para-hydroxylation sites is 1. The third-order valence-corrected chi connectivity index (χ3v) is 2.49. The summed E-state index contributed by atoms with van der Waals surface area (Å²) in [6.07, 6.45) is 0.498. The van der Waals surface area contributed by atoms with E-state index in [1.165, 1.54) is 18.2 Å². The molecule has 4 nitrogen and oxygen atoms in total. The molecule has 1 aromatic rings. The molecule has 0 aliphatic carbocycles. The molecule has 0 aliphatic rings. The molecular weight excluding hydrogens is 275 g/mol. The quantitative estimate of drug-likeness (QED) is 0.595. The summed E-state index contributed by atoms with van der Waals surface area (Å²) in [5, 5.41) is 0. The summed E-state index contributed by atoms with van der Waals surface area (Å²) in [4.78, 5) is 23.0. The Balaban J connectivity index is 2.25. The van der Waals surface area contributed by atoms with Gasteiger partial charge in [-0.2, -0.15) is 0 Å². The highest BCUT2D eigenvalue weighted by molar-refractivity contribution is 5.74. The minimum Gasteiger partial charge on any atom is -0.465 e. The van der Waals surface area contributed by atoms with Crippen LogP contribution in [-0.2, 0) is 14.3 Å². The topological polar surface area (TPSA) is 52.6 Å². The molecule has 1 rings (SSSR count). The molecule has 0 atom stereocenters. The molecule has 5 heteroatoms. The molecule has 0 heterocycles. The predicted molar refractivity (Wildman–Crippen MR) is 76.3 cm³/mol. The minimum absolute atomic E-state index is 0.0406. The monoisotopic (exact) mass is 296 g/mol. The van der Waals surface area contributed by atoms with Crippen LogP contribution in [0.5, 0.6) is 5.75 Å². The van der Waals surface area contributed by atoms with E-state index in [2.05, 4.69) is 0 Å². The molecule has 0 spiro atoms. The highest BCUT2D eigenvalue weighted by Gasteiger charge is 2.14. The van der Waals surface area contributed by atoms with Crippen LogP contribution in [0.25, 0.3) is 0 Å². The van der Waals surface area contributed by atoms with Crippen LogP contribution in [0, 0.1) is 11.2 Å². The summed E-state index contributed by atoms with van der Waals surface area (Å²) in [6, 6.07) is 5.69. The second kappa shape index (κ2) is 7.76. The molecule has 21 heavy (non-hydrogen) atoms. The summed E-state index contributed by atoms with van der Waals surface area (Å²) in [5.74, 6) is -1.60. The Morgan fingerprint density at radius 2 is 1.71 bits per heavy atom. The molecule has 0 N–H and O–H groups in total. The molecule has 0 bridgehead atoms. The number of halogens is 1. The molecular formula is C16H21FO4. The van der Waals surface area contributed by atoms with E-state index in [-0.39, 0.29) is 30.0 Å². The van der Waals surface area contributed by atoms with E-state index in [9.17, 15) is 14.0 Å². The van der Waals surface area contributed by atoms with Gasteiger partial charge in [0.05, 0.1) is 6.61 Å². The largest absolute Gasteiger partial charge is 0.465 e. The van der Waals surface area contributed by atoms with Crippen molar-refractivity contribution in [2.24, 2.45) is 5.41 Å². The summed E-state index contributed by atoms with van der Waals surface area (Å²) in [7, 11) is 0. The number of benzene rings is 1. The second-order valence-corrected chi connectivity index (χ2v) is 5.98. The Kier molecular flexibility index (Phi) is 6.34. The first-order valence-electron chi connectivity index (χ1n) is 6.89. The van der Waals surface area contributed by atoms with E-state index in [4.69, 9.17) is 9.47 Å². The van der Waals surface area contributed by atoms with Crippen LogP contribution in [-0.4, -0.2) is 18.5 Å². The molecule has 0 saturated heterocycles. The molecule has 0 aliphatic heterocycles. The lowest BCUT2D eigenvalue weighted by molar-refractivity contribution is -0.146. The first kappa shape index (κ1) is 17.1. The second-order valence-electron chi connectivity index (χ2n) is 5.98. The molecule has 116 valence electrons. The van der Waals surface area contributed by atoms with E-state index in [0.29, 0.717) is 13.0 Å². The Hall–Kier alpha value is -1.91. The van der Waals surface area contributed by atoms with Crippen LogP contribution >= 0.6 is 0 Å². The summed E-state index contributed by atoms with van der Waals surface area (Å²) >= 11 is 0. The number of esters is 2.